The van der Waals surface area contributed by atoms with Crippen LogP contribution < -0.4 is 0 Å². The topological polar surface area (TPSA) is 49.9 Å². The second-order valence-electron chi connectivity index (χ2n) is 4.84. The fourth-order valence-corrected chi connectivity index (χ4v) is 2.09. The Kier molecular flexibility index (Phi) is 5.41. The Bertz CT molecular complexity index is 281. The maximum atomic E-state index is 12.0. The molecule has 0 aromatic heterocycles. The van der Waals surface area contributed by atoms with Crippen LogP contribution in [0, 0.1) is 5.92 Å². The molecule has 1 unspecified atom stereocenters. The lowest BCUT2D eigenvalue weighted by atomic mass is 10.0. The number of hydrogen-bond acceptors (Lipinski definition) is 4. The van der Waals surface area contributed by atoms with Crippen molar-refractivity contribution < 1.29 is 14.3 Å². The van der Waals surface area contributed by atoms with E-state index in [1.807, 2.05) is 4.90 Å². The molecular formula is C12H22N2O3. The fraction of sp³-hybridized carbons (Fsp3) is 0.833. The van der Waals surface area contributed by atoms with Gasteiger partial charge in [0.25, 0.3) is 0 Å². The first-order valence-corrected chi connectivity index (χ1v) is 6.06. The first-order valence-electron chi connectivity index (χ1n) is 6.06. The number of hydrogen-bond donors (Lipinski definition) is 0. The third-order valence-electron chi connectivity index (χ3n) is 3.04. The number of piperidine rings is 1. The van der Waals surface area contributed by atoms with Crippen molar-refractivity contribution in [2.45, 2.75) is 19.8 Å². The summed E-state index contributed by atoms with van der Waals surface area (Å²) >= 11 is 0. The van der Waals surface area contributed by atoms with Gasteiger partial charge in [-0.15, -0.1) is 0 Å². The van der Waals surface area contributed by atoms with Gasteiger partial charge in [0.1, 0.15) is 0 Å². The monoisotopic (exact) mass is 242 g/mol. The molecule has 0 bridgehead atoms. The van der Waals surface area contributed by atoms with E-state index >= 15 is 0 Å². The molecule has 0 radical (unpaired) electrons. The molecule has 0 aromatic rings. The highest BCUT2D eigenvalue weighted by Gasteiger charge is 2.22. The molecule has 0 aliphatic carbocycles. The van der Waals surface area contributed by atoms with Gasteiger partial charge in [-0.2, -0.15) is 0 Å². The lowest BCUT2D eigenvalue weighted by Gasteiger charge is -2.32. The summed E-state index contributed by atoms with van der Waals surface area (Å²) in [5.74, 6) is 0.369. The first kappa shape index (κ1) is 14.0. The number of likely N-dealkylation sites (N-methyl/N-ethyl adjacent to an activating group) is 1. The zero-order valence-electron chi connectivity index (χ0n) is 10.9. The summed E-state index contributed by atoms with van der Waals surface area (Å²) in [6.45, 7) is 4.28. The van der Waals surface area contributed by atoms with Crippen molar-refractivity contribution in [1.29, 1.82) is 0 Å². The molecule has 17 heavy (non-hydrogen) atoms. The third-order valence-corrected chi connectivity index (χ3v) is 3.04. The molecule has 1 atom stereocenters. The SMILES string of the molecule is COC(=O)CN(C)CC(=O)N1CCCC(C)C1. The van der Waals surface area contributed by atoms with Gasteiger partial charge in [-0.1, -0.05) is 6.92 Å². The molecule has 1 fully saturated rings. The van der Waals surface area contributed by atoms with Gasteiger partial charge in [0.05, 0.1) is 20.2 Å². The van der Waals surface area contributed by atoms with Crippen molar-refractivity contribution in [3.63, 3.8) is 0 Å². The van der Waals surface area contributed by atoms with E-state index in [1.165, 1.54) is 13.5 Å². The second-order valence-corrected chi connectivity index (χ2v) is 4.84. The van der Waals surface area contributed by atoms with Crippen LogP contribution in [0.2, 0.25) is 0 Å². The normalized spacial score (nSPS) is 20.5. The van der Waals surface area contributed by atoms with Crippen molar-refractivity contribution in [3.8, 4) is 0 Å². The molecule has 1 rings (SSSR count). The van der Waals surface area contributed by atoms with E-state index < -0.39 is 0 Å². The lowest BCUT2D eigenvalue weighted by Crippen LogP contribution is -2.44. The Morgan fingerprint density at radius 2 is 2.12 bits per heavy atom. The lowest BCUT2D eigenvalue weighted by molar-refractivity contribution is -0.142. The summed E-state index contributed by atoms with van der Waals surface area (Å²) in [5, 5.41) is 0. The van der Waals surface area contributed by atoms with Crippen LogP contribution in [-0.4, -0.2) is 62.0 Å². The molecule has 0 saturated carbocycles. The summed E-state index contributed by atoms with van der Waals surface area (Å²) in [6, 6.07) is 0. The predicted octanol–water partition coefficient (Wildman–Crippen LogP) is 0.350. The van der Waals surface area contributed by atoms with Crippen LogP contribution in [-0.2, 0) is 14.3 Å². The summed E-state index contributed by atoms with van der Waals surface area (Å²) in [7, 11) is 3.10. The molecule has 5 nitrogen and oxygen atoms in total. The average molecular weight is 242 g/mol. The summed E-state index contributed by atoms with van der Waals surface area (Å²) in [6.07, 6.45) is 2.27. The van der Waals surface area contributed by atoms with Crippen molar-refractivity contribution in [1.82, 2.24) is 9.80 Å². The maximum absolute atomic E-state index is 12.0. The molecule has 0 N–H and O–H groups in total. The quantitative estimate of drug-likeness (QED) is 0.667. The minimum atomic E-state index is -0.313. The molecule has 5 heteroatoms. The van der Waals surface area contributed by atoms with E-state index in [1.54, 1.807) is 11.9 Å². The number of amides is 1. The molecule has 0 spiro atoms. The standard InChI is InChI=1S/C12H22N2O3/c1-10-5-4-6-14(7-10)11(15)8-13(2)9-12(16)17-3/h10H,4-9H2,1-3H3. The van der Waals surface area contributed by atoms with E-state index in [9.17, 15) is 9.59 Å². The van der Waals surface area contributed by atoms with Gasteiger partial charge in [0.2, 0.25) is 5.91 Å². The van der Waals surface area contributed by atoms with Gasteiger partial charge in [-0.25, -0.2) is 0 Å². The number of nitrogens with zero attached hydrogens (tertiary/aromatic N) is 2. The third kappa shape index (κ3) is 4.73. The van der Waals surface area contributed by atoms with Gasteiger partial charge in [-0.3, -0.25) is 14.5 Å². The molecule has 1 saturated heterocycles. The molecule has 0 aromatic carbocycles. The van der Waals surface area contributed by atoms with E-state index in [0.29, 0.717) is 5.92 Å². The molecule has 98 valence electrons. The minimum absolute atomic E-state index is 0.1000. The van der Waals surface area contributed by atoms with Crippen molar-refractivity contribution in [2.24, 2.45) is 5.92 Å². The molecule has 1 amide bonds. The van der Waals surface area contributed by atoms with Gasteiger partial charge in [0.15, 0.2) is 0 Å². The molecule has 1 aliphatic heterocycles. The van der Waals surface area contributed by atoms with Gasteiger partial charge < -0.3 is 9.64 Å². The summed E-state index contributed by atoms with van der Waals surface area (Å²) in [4.78, 5) is 26.6. The predicted molar refractivity (Wildman–Crippen MR) is 64.5 cm³/mol. The van der Waals surface area contributed by atoms with Crippen molar-refractivity contribution >= 4 is 11.9 Å². The number of methoxy groups -OCH3 is 1. The van der Waals surface area contributed by atoms with Crippen molar-refractivity contribution in [3.05, 3.63) is 0 Å². The Morgan fingerprint density at radius 3 is 2.71 bits per heavy atom. The smallest absolute Gasteiger partial charge is 0.319 e. The highest BCUT2D eigenvalue weighted by Crippen LogP contribution is 2.15. The minimum Gasteiger partial charge on any atom is -0.468 e. The van der Waals surface area contributed by atoms with Crippen LogP contribution in [0.1, 0.15) is 19.8 Å². The summed E-state index contributed by atoms with van der Waals surface area (Å²) < 4.78 is 4.56. The van der Waals surface area contributed by atoms with Crippen LogP contribution in [0.4, 0.5) is 0 Å². The van der Waals surface area contributed by atoms with E-state index in [4.69, 9.17) is 0 Å². The number of rotatable bonds is 4. The van der Waals surface area contributed by atoms with Crippen LogP contribution in [0.3, 0.4) is 0 Å². The van der Waals surface area contributed by atoms with Crippen molar-refractivity contribution in [2.75, 3.05) is 40.3 Å². The number of likely N-dealkylation sites (tertiary alicyclic amines) is 1. The van der Waals surface area contributed by atoms with E-state index in [2.05, 4.69) is 11.7 Å². The van der Waals surface area contributed by atoms with E-state index in [-0.39, 0.29) is 25.0 Å². The van der Waals surface area contributed by atoms with Gasteiger partial charge in [-0.05, 0) is 25.8 Å². The van der Waals surface area contributed by atoms with Crippen LogP contribution in [0.5, 0.6) is 0 Å². The van der Waals surface area contributed by atoms with Crippen LogP contribution in [0.25, 0.3) is 0 Å². The first-order chi connectivity index (χ1) is 8.02. The van der Waals surface area contributed by atoms with Crippen LogP contribution in [0.15, 0.2) is 0 Å². The largest absolute Gasteiger partial charge is 0.468 e. The zero-order valence-corrected chi connectivity index (χ0v) is 10.9. The highest BCUT2D eigenvalue weighted by atomic mass is 16.5. The van der Waals surface area contributed by atoms with Crippen LogP contribution >= 0.6 is 0 Å². The Morgan fingerprint density at radius 1 is 1.41 bits per heavy atom. The Hall–Kier alpha value is -1.10. The number of carbonyl (C=O) groups excluding carboxylic acids is 2. The zero-order chi connectivity index (χ0) is 12.8. The maximum Gasteiger partial charge on any atom is 0.319 e. The van der Waals surface area contributed by atoms with Gasteiger partial charge >= 0.3 is 5.97 Å². The highest BCUT2D eigenvalue weighted by molar-refractivity contribution is 5.79. The van der Waals surface area contributed by atoms with E-state index in [0.717, 1.165) is 19.5 Å². The van der Waals surface area contributed by atoms with Gasteiger partial charge in [0, 0.05) is 13.1 Å². The Balaban J connectivity index is 2.35. The number of carbonyl (C=O) groups is 2. The molecule has 1 aliphatic rings. The molecule has 1 heterocycles. The fourth-order valence-electron chi connectivity index (χ4n) is 2.09. The number of esters is 1. The summed E-state index contributed by atoms with van der Waals surface area (Å²) in [5.41, 5.74) is 0. The molecular weight excluding hydrogens is 220 g/mol. The second kappa shape index (κ2) is 6.59. The average Bonchev–Trinajstić information content (AvgIpc) is 2.28. The number of ether oxygens (including phenoxy) is 1. The Labute approximate surface area is 103 Å².